The molecule has 1 amide bonds. The lowest BCUT2D eigenvalue weighted by molar-refractivity contribution is 0.0123. The Morgan fingerprint density at radius 2 is 1.67 bits per heavy atom. The molecule has 4 nitrogen and oxygen atoms in total. The Hall–Kier alpha value is -1.71. The highest BCUT2D eigenvalue weighted by molar-refractivity contribution is 5.70. The normalized spacial score (nSPS) is 25.1. The number of para-hydroxylation sites is 1. The second-order valence-corrected chi connectivity index (χ2v) is 7.01. The van der Waals surface area contributed by atoms with E-state index in [1.165, 1.54) is 5.69 Å². The zero-order chi connectivity index (χ0) is 15.0. The van der Waals surface area contributed by atoms with E-state index in [0.717, 1.165) is 25.9 Å². The molecule has 4 heteroatoms. The van der Waals surface area contributed by atoms with E-state index in [-0.39, 0.29) is 18.2 Å². The van der Waals surface area contributed by atoms with Gasteiger partial charge in [0, 0.05) is 18.8 Å². The second-order valence-electron chi connectivity index (χ2n) is 7.01. The van der Waals surface area contributed by atoms with Gasteiger partial charge in [-0.2, -0.15) is 0 Å². The minimum Gasteiger partial charge on any atom is -0.444 e. The topological polar surface area (TPSA) is 32.8 Å². The van der Waals surface area contributed by atoms with E-state index in [2.05, 4.69) is 29.2 Å². The third kappa shape index (κ3) is 2.99. The van der Waals surface area contributed by atoms with Gasteiger partial charge >= 0.3 is 6.09 Å². The predicted molar refractivity (Wildman–Crippen MR) is 83.5 cm³/mol. The van der Waals surface area contributed by atoms with Crippen molar-refractivity contribution in [3.8, 4) is 0 Å². The van der Waals surface area contributed by atoms with E-state index in [1.807, 2.05) is 31.7 Å². The van der Waals surface area contributed by atoms with Crippen LogP contribution < -0.4 is 4.90 Å². The highest BCUT2D eigenvalue weighted by atomic mass is 16.6. The molecule has 2 bridgehead atoms. The molecule has 0 aromatic heterocycles. The number of hydrogen-bond donors (Lipinski definition) is 0. The van der Waals surface area contributed by atoms with Crippen molar-refractivity contribution in [3.63, 3.8) is 0 Å². The van der Waals surface area contributed by atoms with Crippen LogP contribution in [0.15, 0.2) is 30.3 Å². The highest BCUT2D eigenvalue weighted by Crippen LogP contribution is 2.33. The summed E-state index contributed by atoms with van der Waals surface area (Å²) in [6, 6.07) is 11.0. The number of hydrogen-bond acceptors (Lipinski definition) is 3. The molecule has 1 aromatic carbocycles. The van der Waals surface area contributed by atoms with Gasteiger partial charge < -0.3 is 9.64 Å². The van der Waals surface area contributed by atoms with Crippen molar-refractivity contribution >= 4 is 11.8 Å². The number of ether oxygens (including phenoxy) is 1. The van der Waals surface area contributed by atoms with Crippen LogP contribution in [0.3, 0.4) is 0 Å². The van der Waals surface area contributed by atoms with Crippen LogP contribution in [0.1, 0.15) is 33.6 Å². The molecule has 2 fully saturated rings. The van der Waals surface area contributed by atoms with Crippen LogP contribution >= 0.6 is 0 Å². The number of fused-ring (bicyclic) bond motifs is 2. The molecule has 0 radical (unpaired) electrons. The molecular formula is C17H24N2O2. The third-order valence-corrected chi connectivity index (χ3v) is 4.21. The molecule has 21 heavy (non-hydrogen) atoms. The molecule has 0 saturated carbocycles. The Balaban J connectivity index is 1.71. The van der Waals surface area contributed by atoms with Crippen LogP contribution in [0.25, 0.3) is 0 Å². The molecule has 3 rings (SSSR count). The van der Waals surface area contributed by atoms with Gasteiger partial charge in [-0.3, -0.25) is 4.90 Å². The summed E-state index contributed by atoms with van der Waals surface area (Å²) in [5.41, 5.74) is 0.825. The summed E-state index contributed by atoms with van der Waals surface area (Å²) in [7, 11) is 0. The lowest BCUT2D eigenvalue weighted by Crippen LogP contribution is -2.56. The number of nitrogens with zero attached hydrogens (tertiary/aromatic N) is 2. The molecule has 2 saturated heterocycles. The number of anilines is 1. The largest absolute Gasteiger partial charge is 0.444 e. The van der Waals surface area contributed by atoms with Crippen molar-refractivity contribution in [2.45, 2.75) is 51.3 Å². The summed E-state index contributed by atoms with van der Waals surface area (Å²) >= 11 is 0. The summed E-state index contributed by atoms with van der Waals surface area (Å²) in [4.78, 5) is 16.8. The Kier molecular flexibility index (Phi) is 3.56. The molecule has 2 aliphatic rings. The number of piperazine rings is 1. The van der Waals surface area contributed by atoms with E-state index >= 15 is 0 Å². The summed E-state index contributed by atoms with van der Waals surface area (Å²) in [5, 5.41) is 0. The molecule has 2 aliphatic heterocycles. The van der Waals surface area contributed by atoms with Gasteiger partial charge in [0.1, 0.15) is 5.60 Å². The monoisotopic (exact) mass is 288 g/mol. The number of carbonyl (C=O) groups is 1. The maximum absolute atomic E-state index is 12.4. The smallest absolute Gasteiger partial charge is 0.410 e. The highest BCUT2D eigenvalue weighted by Gasteiger charge is 2.44. The maximum Gasteiger partial charge on any atom is 0.410 e. The van der Waals surface area contributed by atoms with Gasteiger partial charge in [0.25, 0.3) is 0 Å². The predicted octanol–water partition coefficient (Wildman–Crippen LogP) is 3.27. The first-order valence-electron chi connectivity index (χ1n) is 7.75. The lowest BCUT2D eigenvalue weighted by atomic mass is 10.1. The zero-order valence-corrected chi connectivity index (χ0v) is 13.1. The molecule has 0 aliphatic carbocycles. The Morgan fingerprint density at radius 3 is 2.19 bits per heavy atom. The maximum atomic E-state index is 12.4. The molecular weight excluding hydrogens is 264 g/mol. The fourth-order valence-corrected chi connectivity index (χ4v) is 3.37. The average Bonchev–Trinajstić information content (AvgIpc) is 2.69. The van der Waals surface area contributed by atoms with Crippen LogP contribution in [-0.2, 0) is 4.74 Å². The molecule has 2 atom stereocenters. The number of amides is 1. The Bertz CT molecular complexity index is 495. The van der Waals surface area contributed by atoms with Crippen LogP contribution in [0.2, 0.25) is 0 Å². The van der Waals surface area contributed by atoms with Gasteiger partial charge in [0.2, 0.25) is 0 Å². The molecule has 1 aromatic rings. The van der Waals surface area contributed by atoms with Gasteiger partial charge in [-0.15, -0.1) is 0 Å². The fraction of sp³-hybridized carbons (Fsp3) is 0.588. The fourth-order valence-electron chi connectivity index (χ4n) is 3.37. The van der Waals surface area contributed by atoms with Crippen LogP contribution in [0.5, 0.6) is 0 Å². The molecule has 2 unspecified atom stereocenters. The summed E-state index contributed by atoms with van der Waals surface area (Å²) < 4.78 is 5.57. The van der Waals surface area contributed by atoms with Crippen LogP contribution in [-0.4, -0.2) is 41.8 Å². The summed E-state index contributed by atoms with van der Waals surface area (Å²) in [6.07, 6.45) is 2.00. The van der Waals surface area contributed by atoms with Crippen molar-refractivity contribution < 1.29 is 9.53 Å². The standard InChI is InChI=1S/C17H24N2O2/c1-17(2,3)21-16(20)19-14-9-10-15(19)12-18(11-14)13-7-5-4-6-8-13/h4-8,14-15H,9-12H2,1-3H3. The van der Waals surface area contributed by atoms with E-state index in [1.54, 1.807) is 0 Å². The van der Waals surface area contributed by atoms with Crippen LogP contribution in [0.4, 0.5) is 10.5 Å². The van der Waals surface area contributed by atoms with Gasteiger partial charge in [-0.1, -0.05) is 18.2 Å². The minimum atomic E-state index is -0.424. The first-order chi connectivity index (χ1) is 9.94. The van der Waals surface area contributed by atoms with Gasteiger partial charge in [0.05, 0.1) is 12.1 Å². The molecule has 114 valence electrons. The first kappa shape index (κ1) is 14.2. The zero-order valence-electron chi connectivity index (χ0n) is 13.1. The van der Waals surface area contributed by atoms with E-state index in [9.17, 15) is 4.79 Å². The SMILES string of the molecule is CC(C)(C)OC(=O)N1C2CCC1CN(c1ccccc1)C2. The molecule has 0 spiro atoms. The van der Waals surface area contributed by atoms with Crippen LogP contribution in [0, 0.1) is 0 Å². The van der Waals surface area contributed by atoms with Crippen molar-refractivity contribution in [3.05, 3.63) is 30.3 Å². The van der Waals surface area contributed by atoms with Crippen molar-refractivity contribution in [1.82, 2.24) is 4.90 Å². The van der Waals surface area contributed by atoms with E-state index < -0.39 is 5.60 Å². The van der Waals surface area contributed by atoms with Crippen molar-refractivity contribution in [1.29, 1.82) is 0 Å². The third-order valence-electron chi connectivity index (χ3n) is 4.21. The average molecular weight is 288 g/mol. The van der Waals surface area contributed by atoms with Gasteiger partial charge in [-0.05, 0) is 45.7 Å². The first-order valence-corrected chi connectivity index (χ1v) is 7.75. The second kappa shape index (κ2) is 5.24. The Labute approximate surface area is 126 Å². The molecule has 2 heterocycles. The number of benzene rings is 1. The summed E-state index contributed by atoms with van der Waals surface area (Å²) in [6.45, 7) is 7.58. The number of rotatable bonds is 1. The van der Waals surface area contributed by atoms with E-state index in [0.29, 0.717) is 0 Å². The molecule has 0 N–H and O–H groups in total. The van der Waals surface area contributed by atoms with Gasteiger partial charge in [-0.25, -0.2) is 4.79 Å². The lowest BCUT2D eigenvalue weighted by Gasteiger charge is -2.42. The Morgan fingerprint density at radius 1 is 1.10 bits per heavy atom. The quantitative estimate of drug-likeness (QED) is 0.795. The van der Waals surface area contributed by atoms with Crippen molar-refractivity contribution in [2.24, 2.45) is 0 Å². The summed E-state index contributed by atoms with van der Waals surface area (Å²) in [5.74, 6) is 0. The van der Waals surface area contributed by atoms with Crippen molar-refractivity contribution in [2.75, 3.05) is 18.0 Å². The van der Waals surface area contributed by atoms with E-state index in [4.69, 9.17) is 4.74 Å². The minimum absolute atomic E-state index is 0.150. The number of carbonyl (C=O) groups excluding carboxylic acids is 1. The van der Waals surface area contributed by atoms with Gasteiger partial charge in [0.15, 0.2) is 0 Å².